The molecular weight excluding hydrogens is 252 g/mol. The number of benzene rings is 1. The summed E-state index contributed by atoms with van der Waals surface area (Å²) in [7, 11) is 0. The van der Waals surface area contributed by atoms with E-state index in [4.69, 9.17) is 15.9 Å². The first kappa shape index (κ1) is 14.9. The summed E-state index contributed by atoms with van der Waals surface area (Å²) in [6.45, 7) is 7.07. The highest BCUT2D eigenvalue weighted by Crippen LogP contribution is 2.11. The second kappa shape index (κ2) is 8.60. The van der Waals surface area contributed by atoms with Crippen LogP contribution >= 0.6 is 0 Å². The van der Waals surface area contributed by atoms with Gasteiger partial charge in [0.2, 0.25) is 0 Å². The molecule has 1 fully saturated rings. The number of hydrogen-bond donors (Lipinski definition) is 1. The van der Waals surface area contributed by atoms with Gasteiger partial charge >= 0.3 is 0 Å². The monoisotopic (exact) mass is 274 g/mol. The predicted octanol–water partition coefficient (Wildman–Crippen LogP) is 1.12. The van der Waals surface area contributed by atoms with Gasteiger partial charge in [-0.25, -0.2) is 0 Å². The molecule has 1 aromatic carbocycles. The number of hydrogen-bond acceptors (Lipinski definition) is 4. The van der Waals surface area contributed by atoms with Crippen LogP contribution in [0.2, 0.25) is 0 Å². The van der Waals surface area contributed by atoms with Crippen LogP contribution in [0.25, 0.3) is 0 Å². The lowest BCUT2D eigenvalue weighted by Crippen LogP contribution is -2.40. The Bertz CT molecular complexity index is 419. The minimum atomic E-state index is 0.317. The van der Waals surface area contributed by atoms with Crippen molar-refractivity contribution in [1.29, 1.82) is 0 Å². The van der Waals surface area contributed by atoms with Crippen molar-refractivity contribution in [2.24, 2.45) is 0 Å². The van der Waals surface area contributed by atoms with Gasteiger partial charge in [0.1, 0.15) is 12.4 Å². The maximum absolute atomic E-state index is 5.34. The fourth-order valence-electron chi connectivity index (χ4n) is 2.12. The standard InChI is InChI=1S/C16H22N2O2/c1-2-11-20-16-5-3-15(4-6-16)14-17-7-8-18-9-12-19-13-10-18/h1,3-6,17H,7-14H2. The number of ether oxygens (including phenoxy) is 2. The van der Waals surface area contributed by atoms with E-state index in [2.05, 4.69) is 28.3 Å². The lowest BCUT2D eigenvalue weighted by Gasteiger charge is -2.26. The largest absolute Gasteiger partial charge is 0.481 e. The van der Waals surface area contributed by atoms with E-state index < -0.39 is 0 Å². The van der Waals surface area contributed by atoms with Gasteiger partial charge in [-0.3, -0.25) is 4.90 Å². The van der Waals surface area contributed by atoms with E-state index in [9.17, 15) is 0 Å². The van der Waals surface area contributed by atoms with Gasteiger partial charge in [-0.05, 0) is 17.7 Å². The van der Waals surface area contributed by atoms with Crippen molar-refractivity contribution in [1.82, 2.24) is 10.2 Å². The molecule has 0 saturated carbocycles. The SMILES string of the molecule is C#CCOc1ccc(CNCCN2CCOCC2)cc1. The molecule has 0 atom stereocenters. The zero-order chi connectivity index (χ0) is 14.0. The second-order valence-corrected chi connectivity index (χ2v) is 4.77. The molecule has 20 heavy (non-hydrogen) atoms. The normalized spacial score (nSPS) is 15.8. The molecule has 4 nitrogen and oxygen atoms in total. The Morgan fingerprint density at radius 2 is 2.00 bits per heavy atom. The highest BCUT2D eigenvalue weighted by Gasteiger charge is 2.08. The van der Waals surface area contributed by atoms with Gasteiger partial charge in [-0.1, -0.05) is 18.1 Å². The van der Waals surface area contributed by atoms with E-state index in [-0.39, 0.29) is 0 Å². The highest BCUT2D eigenvalue weighted by molar-refractivity contribution is 5.27. The molecule has 1 aliphatic rings. The fraction of sp³-hybridized carbons (Fsp3) is 0.500. The van der Waals surface area contributed by atoms with Gasteiger partial charge in [0.25, 0.3) is 0 Å². The molecule has 0 radical (unpaired) electrons. The average Bonchev–Trinajstić information content (AvgIpc) is 2.52. The van der Waals surface area contributed by atoms with Crippen molar-refractivity contribution in [3.05, 3.63) is 29.8 Å². The Kier molecular flexibility index (Phi) is 6.39. The van der Waals surface area contributed by atoms with Crippen molar-refractivity contribution >= 4 is 0 Å². The molecule has 1 N–H and O–H groups in total. The number of rotatable bonds is 7. The maximum Gasteiger partial charge on any atom is 0.148 e. The summed E-state index contributed by atoms with van der Waals surface area (Å²) in [6, 6.07) is 8.04. The van der Waals surface area contributed by atoms with Crippen LogP contribution in [0.4, 0.5) is 0 Å². The Hall–Kier alpha value is -1.54. The first-order valence-corrected chi connectivity index (χ1v) is 7.04. The van der Waals surface area contributed by atoms with Crippen molar-refractivity contribution in [2.75, 3.05) is 46.0 Å². The summed E-state index contributed by atoms with van der Waals surface area (Å²) in [5.74, 6) is 3.28. The summed E-state index contributed by atoms with van der Waals surface area (Å²) < 4.78 is 10.7. The molecule has 0 aromatic heterocycles. The third-order valence-electron chi connectivity index (χ3n) is 3.28. The summed E-state index contributed by atoms with van der Waals surface area (Å²) in [4.78, 5) is 2.42. The summed E-state index contributed by atoms with van der Waals surface area (Å²) in [5.41, 5.74) is 1.25. The molecule has 4 heteroatoms. The lowest BCUT2D eigenvalue weighted by atomic mass is 10.2. The third-order valence-corrected chi connectivity index (χ3v) is 3.28. The smallest absolute Gasteiger partial charge is 0.148 e. The van der Waals surface area contributed by atoms with Crippen LogP contribution in [0, 0.1) is 12.3 Å². The van der Waals surface area contributed by atoms with Crippen LogP contribution in [0.1, 0.15) is 5.56 Å². The van der Waals surface area contributed by atoms with Gasteiger partial charge in [0, 0.05) is 32.7 Å². The average molecular weight is 274 g/mol. The molecule has 1 aromatic rings. The van der Waals surface area contributed by atoms with Crippen LogP contribution < -0.4 is 10.1 Å². The van der Waals surface area contributed by atoms with Crippen molar-refractivity contribution in [3.8, 4) is 18.1 Å². The van der Waals surface area contributed by atoms with Crippen molar-refractivity contribution in [2.45, 2.75) is 6.54 Å². The van der Waals surface area contributed by atoms with Crippen LogP contribution in [0.5, 0.6) is 5.75 Å². The number of terminal acetylenes is 1. The summed E-state index contributed by atoms with van der Waals surface area (Å²) in [6.07, 6.45) is 5.15. The Balaban J connectivity index is 1.62. The molecule has 1 aliphatic heterocycles. The fourth-order valence-corrected chi connectivity index (χ4v) is 2.12. The molecular formula is C16H22N2O2. The van der Waals surface area contributed by atoms with Crippen LogP contribution in [-0.2, 0) is 11.3 Å². The minimum absolute atomic E-state index is 0.317. The van der Waals surface area contributed by atoms with Gasteiger partial charge in [-0.15, -0.1) is 6.42 Å². The van der Waals surface area contributed by atoms with Crippen LogP contribution in [-0.4, -0.2) is 50.9 Å². The summed E-state index contributed by atoms with van der Waals surface area (Å²) in [5, 5.41) is 3.46. The molecule has 0 bridgehead atoms. The van der Waals surface area contributed by atoms with Gasteiger partial charge in [-0.2, -0.15) is 0 Å². The van der Waals surface area contributed by atoms with Gasteiger partial charge in [0.05, 0.1) is 13.2 Å². The van der Waals surface area contributed by atoms with Crippen molar-refractivity contribution in [3.63, 3.8) is 0 Å². The first-order chi connectivity index (χ1) is 9.88. The number of nitrogens with one attached hydrogen (secondary N) is 1. The van der Waals surface area contributed by atoms with E-state index in [0.717, 1.165) is 51.7 Å². The van der Waals surface area contributed by atoms with Crippen LogP contribution in [0.15, 0.2) is 24.3 Å². The molecule has 0 unspecified atom stereocenters. The van der Waals surface area contributed by atoms with E-state index in [1.165, 1.54) is 5.56 Å². The second-order valence-electron chi connectivity index (χ2n) is 4.77. The third kappa shape index (κ3) is 5.22. The van der Waals surface area contributed by atoms with Crippen molar-refractivity contribution < 1.29 is 9.47 Å². The molecule has 108 valence electrons. The van der Waals surface area contributed by atoms with E-state index in [0.29, 0.717) is 6.61 Å². The van der Waals surface area contributed by atoms with E-state index in [1.54, 1.807) is 0 Å². The lowest BCUT2D eigenvalue weighted by molar-refractivity contribution is 0.0384. The van der Waals surface area contributed by atoms with Crippen LogP contribution in [0.3, 0.4) is 0 Å². The Morgan fingerprint density at radius 3 is 2.70 bits per heavy atom. The van der Waals surface area contributed by atoms with Gasteiger partial charge in [0.15, 0.2) is 0 Å². The molecule has 0 spiro atoms. The predicted molar refractivity (Wildman–Crippen MR) is 79.7 cm³/mol. The van der Waals surface area contributed by atoms with Gasteiger partial charge < -0.3 is 14.8 Å². The first-order valence-electron chi connectivity index (χ1n) is 7.04. The van der Waals surface area contributed by atoms with E-state index >= 15 is 0 Å². The minimum Gasteiger partial charge on any atom is -0.481 e. The molecule has 0 aliphatic carbocycles. The maximum atomic E-state index is 5.34. The molecule has 1 saturated heterocycles. The molecule has 0 amide bonds. The molecule has 1 heterocycles. The molecule has 2 rings (SSSR count). The highest BCUT2D eigenvalue weighted by atomic mass is 16.5. The Morgan fingerprint density at radius 1 is 1.25 bits per heavy atom. The number of morpholine rings is 1. The quantitative estimate of drug-likeness (QED) is 0.597. The van der Waals surface area contributed by atoms with E-state index in [1.807, 2.05) is 12.1 Å². The topological polar surface area (TPSA) is 33.7 Å². The summed E-state index contributed by atoms with van der Waals surface area (Å²) >= 11 is 0. The zero-order valence-electron chi connectivity index (χ0n) is 11.8. The zero-order valence-corrected chi connectivity index (χ0v) is 11.8. The number of nitrogens with zero attached hydrogens (tertiary/aromatic N) is 1. The Labute approximate surface area is 121 Å².